The molecule has 2 radical (unpaired) electrons. The average molecular weight is 612 g/mol. The van der Waals surface area contributed by atoms with E-state index < -0.39 is 45.7 Å². The quantitative estimate of drug-likeness (QED) is 0.163. The minimum atomic E-state index is -3.33. The molecular weight excluding hydrogens is 572 g/mol. The summed E-state index contributed by atoms with van der Waals surface area (Å²) < 4.78 is 22.8. The fraction of sp³-hybridized carbons (Fsp3) is 0.762. The van der Waals surface area contributed by atoms with E-state index in [1.807, 2.05) is 0 Å². The largest absolute Gasteiger partial charge is 0.345 e. The molecule has 0 saturated heterocycles. The van der Waals surface area contributed by atoms with Gasteiger partial charge in [0.2, 0.25) is 17.7 Å². The van der Waals surface area contributed by atoms with E-state index in [4.69, 9.17) is 5.26 Å². The van der Waals surface area contributed by atoms with Gasteiger partial charge < -0.3 is 16.0 Å². The Bertz CT molecular complexity index is 821. The Hall–Kier alpha value is -1.21. The number of rotatable bonds is 13. The molecule has 4 N–H and O–H groups in total. The third kappa shape index (κ3) is 20.9. The van der Waals surface area contributed by atoms with E-state index in [0.717, 1.165) is 6.26 Å². The Morgan fingerprint density at radius 1 is 0.806 bits per heavy atom. The molecule has 0 spiro atoms. The van der Waals surface area contributed by atoms with Crippen LogP contribution in [0.25, 0.3) is 0 Å². The van der Waals surface area contributed by atoms with Crippen molar-refractivity contribution in [3.8, 4) is 0 Å². The van der Waals surface area contributed by atoms with Crippen LogP contribution in [-0.4, -0.2) is 79.7 Å². The van der Waals surface area contributed by atoms with Crippen molar-refractivity contribution >= 4 is 39.1 Å². The molecule has 0 heterocycles. The third-order valence-electron chi connectivity index (χ3n) is 4.39. The Morgan fingerprint density at radius 3 is 1.53 bits per heavy atom. The summed E-state index contributed by atoms with van der Waals surface area (Å²) in [5.74, 6) is -2.74. The summed E-state index contributed by atoms with van der Waals surface area (Å²) in [6, 6.07) is -2.71. The van der Waals surface area contributed by atoms with Gasteiger partial charge in [0.1, 0.15) is 28.5 Å². The number of carbonyl (C=O) groups is 5. The van der Waals surface area contributed by atoms with Gasteiger partial charge in [0, 0.05) is 50.3 Å². The second-order valence-electron chi connectivity index (χ2n) is 8.72. The van der Waals surface area contributed by atoms with E-state index in [0.29, 0.717) is 0 Å². The first-order valence-electron chi connectivity index (χ1n) is 10.7. The molecule has 0 aliphatic rings. The zero-order valence-electron chi connectivity index (χ0n) is 22.0. The topological polar surface area (TPSA) is 185 Å². The van der Waals surface area contributed by atoms with E-state index in [9.17, 15) is 32.4 Å². The van der Waals surface area contributed by atoms with E-state index in [1.165, 1.54) is 20.8 Å². The molecule has 12 nitrogen and oxygen atoms in total. The number of Topliss-reactive ketones (excluding diaryl/α,β-unsaturated/α-hetero) is 2. The van der Waals surface area contributed by atoms with Gasteiger partial charge in [0.15, 0.2) is 11.6 Å². The molecule has 3 amide bonds. The van der Waals surface area contributed by atoms with Crippen molar-refractivity contribution in [3.63, 3.8) is 0 Å². The first-order valence-corrected chi connectivity index (χ1v) is 12.8. The maximum Gasteiger partial charge on any atom is 0.243 e. The summed E-state index contributed by atoms with van der Waals surface area (Å²) >= 11 is 0. The predicted molar refractivity (Wildman–Crippen MR) is 125 cm³/mol. The zero-order chi connectivity index (χ0) is 27.2. The van der Waals surface area contributed by atoms with E-state index in [1.54, 1.807) is 27.7 Å². The Balaban J connectivity index is -0.000000567. The van der Waals surface area contributed by atoms with Gasteiger partial charge in [-0.2, -0.15) is 0 Å². The maximum atomic E-state index is 12.6. The van der Waals surface area contributed by atoms with Crippen LogP contribution in [0.4, 0.5) is 0 Å². The Morgan fingerprint density at radius 2 is 1.25 bits per heavy atom. The molecule has 0 bridgehead atoms. The van der Waals surface area contributed by atoms with Gasteiger partial charge in [-0.3, -0.25) is 29.2 Å². The number of amides is 3. The molecular formula is C21H39N3O9SV2. The van der Waals surface area contributed by atoms with Gasteiger partial charge in [0.25, 0.3) is 0 Å². The molecule has 0 fully saturated rings. The first-order chi connectivity index (χ1) is 15.4. The van der Waals surface area contributed by atoms with Gasteiger partial charge in [0.05, 0.1) is 11.8 Å². The van der Waals surface area contributed by atoms with Crippen LogP contribution >= 0.6 is 0 Å². The molecule has 0 aliphatic heterocycles. The molecule has 0 aliphatic carbocycles. The van der Waals surface area contributed by atoms with Crippen LogP contribution in [0, 0.1) is 11.8 Å². The SMILES string of the molecule is CC(=O)COO.CC(=O)NC(CCS(C)(=O)=O)C(=O)NC(C(=O)NC(C(C)=O)C(C)C)C(C)C.[V].[V]. The van der Waals surface area contributed by atoms with Gasteiger partial charge in [-0.05, 0) is 32.1 Å². The second-order valence-corrected chi connectivity index (χ2v) is 11.0. The van der Waals surface area contributed by atoms with Crippen LogP contribution in [-0.2, 0) is 75.8 Å². The number of nitrogens with one attached hydrogen (secondary N) is 3. The predicted octanol–water partition coefficient (Wildman–Crippen LogP) is -0.144. The van der Waals surface area contributed by atoms with Crippen LogP contribution in [0.15, 0.2) is 0 Å². The Kier molecular flexibility index (Phi) is 24.2. The fourth-order valence-electron chi connectivity index (χ4n) is 2.71. The molecule has 0 aromatic heterocycles. The molecule has 0 saturated carbocycles. The zero-order valence-corrected chi connectivity index (χ0v) is 25.6. The molecule has 0 aromatic carbocycles. The molecule has 3 unspecified atom stereocenters. The third-order valence-corrected chi connectivity index (χ3v) is 5.37. The summed E-state index contributed by atoms with van der Waals surface area (Å²) in [6.07, 6.45) is 0.923. The monoisotopic (exact) mass is 611 g/mol. The van der Waals surface area contributed by atoms with Crippen molar-refractivity contribution in [3.05, 3.63) is 0 Å². The smallest absolute Gasteiger partial charge is 0.243 e. The minimum Gasteiger partial charge on any atom is -0.345 e. The van der Waals surface area contributed by atoms with Crippen LogP contribution in [0.3, 0.4) is 0 Å². The summed E-state index contributed by atoms with van der Waals surface area (Å²) in [6.45, 7) is 10.8. The van der Waals surface area contributed by atoms with Crippen LogP contribution < -0.4 is 16.0 Å². The number of hydrogen-bond donors (Lipinski definition) is 4. The standard InChI is InChI=1S/C18H33N3O6S.C3H6O3.2V/c1-10(2)15(12(5)22)20-18(25)16(11(3)4)21-17(24)14(19-13(6)23)8-9-28(7,26)27;1-3(4)2-6-5;;/h10-11,14-16H,8-9H2,1-7H3,(H,19,23)(H,20,25)(H,21,24);5H,2H2,1H3;;. The normalized spacial score (nSPS) is 13.0. The van der Waals surface area contributed by atoms with Crippen molar-refractivity contribution in [2.24, 2.45) is 11.8 Å². The molecule has 15 heteroatoms. The number of sulfone groups is 1. The Labute approximate surface area is 237 Å². The van der Waals surface area contributed by atoms with Crippen molar-refractivity contribution in [2.45, 2.75) is 73.0 Å². The van der Waals surface area contributed by atoms with Gasteiger partial charge in [-0.25, -0.2) is 13.3 Å². The van der Waals surface area contributed by atoms with E-state index in [-0.39, 0.29) is 79.3 Å². The summed E-state index contributed by atoms with van der Waals surface area (Å²) in [5, 5.41) is 15.1. The molecule has 0 aromatic rings. The molecule has 3 atom stereocenters. The summed E-state index contributed by atoms with van der Waals surface area (Å²) in [4.78, 5) is 61.6. The number of ketones is 2. The van der Waals surface area contributed by atoms with Crippen molar-refractivity contribution in [1.82, 2.24) is 16.0 Å². The number of hydrogen-bond acceptors (Lipinski definition) is 9. The number of carbonyl (C=O) groups excluding carboxylic acids is 5. The summed E-state index contributed by atoms with van der Waals surface area (Å²) in [7, 11) is -3.33. The van der Waals surface area contributed by atoms with Crippen LogP contribution in [0.2, 0.25) is 0 Å². The van der Waals surface area contributed by atoms with Crippen LogP contribution in [0.1, 0.15) is 54.9 Å². The van der Waals surface area contributed by atoms with Gasteiger partial charge in [-0.1, -0.05) is 27.7 Å². The van der Waals surface area contributed by atoms with Crippen molar-refractivity contribution in [1.29, 1.82) is 0 Å². The van der Waals surface area contributed by atoms with E-state index >= 15 is 0 Å². The molecule has 208 valence electrons. The van der Waals surface area contributed by atoms with Gasteiger partial charge in [-0.15, -0.1) is 0 Å². The molecule has 36 heavy (non-hydrogen) atoms. The van der Waals surface area contributed by atoms with Crippen molar-refractivity contribution in [2.75, 3.05) is 18.6 Å². The van der Waals surface area contributed by atoms with Crippen LogP contribution in [0.5, 0.6) is 0 Å². The molecule has 0 rings (SSSR count). The van der Waals surface area contributed by atoms with E-state index in [2.05, 4.69) is 20.8 Å². The first kappa shape index (κ1) is 41.9. The minimum absolute atomic E-state index is 0. The van der Waals surface area contributed by atoms with Crippen molar-refractivity contribution < 1.29 is 79.6 Å². The maximum absolute atomic E-state index is 12.6. The van der Waals surface area contributed by atoms with Gasteiger partial charge >= 0.3 is 0 Å². The summed E-state index contributed by atoms with van der Waals surface area (Å²) in [5.41, 5.74) is 0. The second kappa shape index (κ2) is 20.8. The fourth-order valence-corrected chi connectivity index (χ4v) is 3.37. The average Bonchev–Trinajstić information content (AvgIpc) is 2.65.